The zero-order valence-corrected chi connectivity index (χ0v) is 18.4. The number of anilines is 1. The van der Waals surface area contributed by atoms with Crippen LogP contribution in [0.5, 0.6) is 0 Å². The van der Waals surface area contributed by atoms with Gasteiger partial charge in [-0.15, -0.1) is 11.3 Å². The largest absolute Gasteiger partial charge is 0.465 e. The normalized spacial score (nSPS) is 15.9. The highest BCUT2D eigenvalue weighted by atomic mass is 32.1. The summed E-state index contributed by atoms with van der Waals surface area (Å²) in [5.41, 5.74) is 1.15. The van der Waals surface area contributed by atoms with Gasteiger partial charge in [-0.3, -0.25) is 14.9 Å². The number of hydrogen-bond donors (Lipinski definition) is 1. The molecule has 30 heavy (non-hydrogen) atoms. The van der Waals surface area contributed by atoms with Crippen LogP contribution < -0.4 is 5.32 Å². The molecule has 1 aromatic heterocycles. The number of esters is 1. The van der Waals surface area contributed by atoms with E-state index in [4.69, 9.17) is 4.74 Å². The summed E-state index contributed by atoms with van der Waals surface area (Å²) in [5, 5.41) is 14.4. The molecule has 8 heteroatoms. The van der Waals surface area contributed by atoms with Crippen molar-refractivity contribution in [1.29, 1.82) is 0 Å². The number of amides is 1. The number of carbonyl (C=O) groups is 2. The molecule has 0 aliphatic heterocycles. The van der Waals surface area contributed by atoms with E-state index in [-0.39, 0.29) is 16.7 Å². The number of methoxy groups -OCH3 is 1. The molecule has 160 valence electrons. The maximum Gasteiger partial charge on any atom is 0.341 e. The third kappa shape index (κ3) is 4.09. The van der Waals surface area contributed by atoms with Gasteiger partial charge < -0.3 is 10.1 Å². The third-order valence-electron chi connectivity index (χ3n) is 6.24. The van der Waals surface area contributed by atoms with Crippen LogP contribution in [0.3, 0.4) is 0 Å². The summed E-state index contributed by atoms with van der Waals surface area (Å²) in [7, 11) is 1.31. The Kier molecular flexibility index (Phi) is 6.26. The van der Waals surface area contributed by atoms with E-state index in [1.807, 2.05) is 0 Å². The van der Waals surface area contributed by atoms with Gasteiger partial charge in [0.1, 0.15) is 10.6 Å². The van der Waals surface area contributed by atoms with Gasteiger partial charge in [0.05, 0.1) is 17.6 Å². The van der Waals surface area contributed by atoms with E-state index in [1.54, 1.807) is 6.07 Å². The van der Waals surface area contributed by atoms with Crippen molar-refractivity contribution in [3.8, 4) is 0 Å². The zero-order valence-electron chi connectivity index (χ0n) is 17.6. The molecule has 1 amide bonds. The van der Waals surface area contributed by atoms with Crippen molar-refractivity contribution in [2.45, 2.75) is 46.5 Å². The molecule has 3 rings (SSSR count). The summed E-state index contributed by atoms with van der Waals surface area (Å²) in [6.07, 6.45) is 3.60. The highest BCUT2D eigenvalue weighted by Gasteiger charge is 2.36. The van der Waals surface area contributed by atoms with Gasteiger partial charge in [-0.1, -0.05) is 39.3 Å². The second-order valence-electron chi connectivity index (χ2n) is 8.21. The van der Waals surface area contributed by atoms with Crippen molar-refractivity contribution in [2.24, 2.45) is 11.3 Å². The van der Waals surface area contributed by atoms with Gasteiger partial charge in [0.2, 0.25) is 0 Å². The van der Waals surface area contributed by atoms with Gasteiger partial charge in [-0.25, -0.2) is 4.79 Å². The Balaban J connectivity index is 1.97. The Morgan fingerprint density at radius 3 is 2.67 bits per heavy atom. The minimum absolute atomic E-state index is 0.0466. The molecule has 1 aliphatic carbocycles. The van der Waals surface area contributed by atoms with Crippen LogP contribution in [0.25, 0.3) is 0 Å². The van der Waals surface area contributed by atoms with Crippen molar-refractivity contribution in [1.82, 2.24) is 0 Å². The molecule has 0 bridgehead atoms. The van der Waals surface area contributed by atoms with Crippen LogP contribution in [-0.2, 0) is 17.6 Å². The summed E-state index contributed by atoms with van der Waals surface area (Å²) in [4.78, 5) is 37.1. The standard InChI is InChI=1S/C22H26N2O5S/c1-5-22(2,3)13-10-11-15-17(12-13)30-20(18(15)21(26)29-4)23-19(25)14-8-6-7-9-16(14)24(27)28/h6-9,13H,5,10-12H2,1-4H3,(H,23,25)/t13-/m0/s1. The maximum absolute atomic E-state index is 12.8. The molecule has 0 saturated heterocycles. The first-order valence-corrected chi connectivity index (χ1v) is 10.8. The van der Waals surface area contributed by atoms with Crippen LogP contribution in [0.15, 0.2) is 24.3 Å². The molecule has 1 N–H and O–H groups in total. The summed E-state index contributed by atoms with van der Waals surface area (Å²) >= 11 is 1.37. The Labute approximate surface area is 179 Å². The van der Waals surface area contributed by atoms with Gasteiger partial charge >= 0.3 is 5.97 Å². The van der Waals surface area contributed by atoms with Crippen molar-refractivity contribution in [3.63, 3.8) is 0 Å². The number of nitrogens with one attached hydrogen (secondary N) is 1. The quantitative estimate of drug-likeness (QED) is 0.384. The number of benzene rings is 1. The van der Waals surface area contributed by atoms with Gasteiger partial charge in [-0.05, 0) is 42.2 Å². The molecule has 1 heterocycles. The van der Waals surface area contributed by atoms with Gasteiger partial charge in [0, 0.05) is 10.9 Å². The minimum Gasteiger partial charge on any atom is -0.465 e. The number of ether oxygens (including phenoxy) is 1. The van der Waals surface area contributed by atoms with Crippen molar-refractivity contribution < 1.29 is 19.2 Å². The van der Waals surface area contributed by atoms with Crippen LogP contribution >= 0.6 is 11.3 Å². The average molecular weight is 431 g/mol. The molecule has 0 saturated carbocycles. The number of carbonyl (C=O) groups excluding carboxylic acids is 2. The van der Waals surface area contributed by atoms with Crippen LogP contribution in [-0.4, -0.2) is 23.9 Å². The Morgan fingerprint density at radius 2 is 2.03 bits per heavy atom. The molecule has 1 atom stereocenters. The van der Waals surface area contributed by atoms with Crippen LogP contribution in [0.1, 0.15) is 64.8 Å². The fraction of sp³-hybridized carbons (Fsp3) is 0.455. The second-order valence-corrected chi connectivity index (χ2v) is 9.31. The fourth-order valence-electron chi connectivity index (χ4n) is 3.94. The molecule has 0 radical (unpaired) electrons. The number of nitro benzene ring substituents is 1. The van der Waals surface area contributed by atoms with Gasteiger partial charge in [0.25, 0.3) is 11.6 Å². The second kappa shape index (κ2) is 8.55. The number of nitrogens with zero attached hydrogens (tertiary/aromatic N) is 1. The molecule has 0 spiro atoms. The summed E-state index contributed by atoms with van der Waals surface area (Å²) < 4.78 is 4.97. The first-order chi connectivity index (χ1) is 14.2. The number of hydrogen-bond acceptors (Lipinski definition) is 6. The number of nitro groups is 1. The lowest BCUT2D eigenvalue weighted by atomic mass is 9.69. The summed E-state index contributed by atoms with van der Waals surface area (Å²) in [6, 6.07) is 5.76. The summed E-state index contributed by atoms with van der Waals surface area (Å²) in [6.45, 7) is 6.70. The number of rotatable bonds is 6. The topological polar surface area (TPSA) is 98.5 Å². The average Bonchev–Trinajstić information content (AvgIpc) is 3.09. The van der Waals surface area contributed by atoms with E-state index in [0.29, 0.717) is 16.5 Å². The Morgan fingerprint density at radius 1 is 1.33 bits per heavy atom. The predicted octanol–water partition coefficient (Wildman–Crippen LogP) is 5.24. The highest BCUT2D eigenvalue weighted by Crippen LogP contribution is 2.45. The Hall–Kier alpha value is -2.74. The van der Waals surface area contributed by atoms with Gasteiger partial charge in [-0.2, -0.15) is 0 Å². The van der Waals surface area contributed by atoms with Crippen molar-refractivity contribution in [2.75, 3.05) is 12.4 Å². The Bertz CT molecular complexity index is 995. The van der Waals surface area contributed by atoms with Gasteiger partial charge in [0.15, 0.2) is 0 Å². The first-order valence-electron chi connectivity index (χ1n) is 9.97. The van der Waals surface area contributed by atoms with Crippen LogP contribution in [0, 0.1) is 21.4 Å². The monoisotopic (exact) mass is 430 g/mol. The lowest BCUT2D eigenvalue weighted by Crippen LogP contribution is -2.28. The SMILES string of the molecule is CCC(C)(C)[C@H]1CCc2c(sc(NC(=O)c3ccccc3[N+](=O)[O-])c2C(=O)OC)C1. The van der Waals surface area contributed by atoms with E-state index in [9.17, 15) is 19.7 Å². The molecule has 0 unspecified atom stereocenters. The molecule has 0 fully saturated rings. The highest BCUT2D eigenvalue weighted by molar-refractivity contribution is 7.17. The molecular formula is C22H26N2O5S. The lowest BCUT2D eigenvalue weighted by molar-refractivity contribution is -0.385. The minimum atomic E-state index is -0.614. The van der Waals surface area contributed by atoms with E-state index in [1.165, 1.54) is 36.6 Å². The fourth-order valence-corrected chi connectivity index (χ4v) is 5.25. The third-order valence-corrected chi connectivity index (χ3v) is 7.41. The summed E-state index contributed by atoms with van der Waals surface area (Å²) in [5.74, 6) is -0.632. The molecule has 1 aromatic carbocycles. The smallest absolute Gasteiger partial charge is 0.341 e. The molecule has 1 aliphatic rings. The van der Waals surface area contributed by atoms with Crippen LogP contribution in [0.2, 0.25) is 0 Å². The zero-order chi connectivity index (χ0) is 22.1. The predicted molar refractivity (Wildman–Crippen MR) is 116 cm³/mol. The first kappa shape index (κ1) is 22.0. The van der Waals surface area contributed by atoms with E-state index >= 15 is 0 Å². The lowest BCUT2D eigenvalue weighted by Gasteiger charge is -2.36. The maximum atomic E-state index is 12.8. The molecule has 2 aromatic rings. The van der Waals surface area contributed by atoms with Crippen molar-refractivity contribution in [3.05, 3.63) is 55.9 Å². The van der Waals surface area contributed by atoms with E-state index in [0.717, 1.165) is 36.1 Å². The van der Waals surface area contributed by atoms with E-state index < -0.39 is 16.8 Å². The number of fused-ring (bicyclic) bond motifs is 1. The molecule has 7 nitrogen and oxygen atoms in total. The van der Waals surface area contributed by atoms with Crippen molar-refractivity contribution >= 4 is 33.9 Å². The number of thiophene rings is 1. The molecular weight excluding hydrogens is 404 g/mol. The van der Waals surface area contributed by atoms with Crippen LogP contribution in [0.4, 0.5) is 10.7 Å². The van der Waals surface area contributed by atoms with E-state index in [2.05, 4.69) is 26.1 Å². The number of para-hydroxylation sites is 1.